The summed E-state index contributed by atoms with van der Waals surface area (Å²) in [5.41, 5.74) is 2.30. The second-order valence-corrected chi connectivity index (χ2v) is 10.1. The van der Waals surface area contributed by atoms with Gasteiger partial charge in [-0.1, -0.05) is 53.2 Å². The molecule has 1 heterocycles. The number of nitrogens with one attached hydrogen (secondary N) is 1. The predicted octanol–water partition coefficient (Wildman–Crippen LogP) is 6.60. The Bertz CT molecular complexity index is 1250. The summed E-state index contributed by atoms with van der Waals surface area (Å²) in [5, 5.41) is 3.95. The molecule has 0 spiro atoms. The van der Waals surface area contributed by atoms with E-state index in [4.69, 9.17) is 32.9 Å². The van der Waals surface area contributed by atoms with Gasteiger partial charge in [-0.05, 0) is 73.5 Å². The van der Waals surface area contributed by atoms with Gasteiger partial charge >= 0.3 is 0 Å². The van der Waals surface area contributed by atoms with Crippen molar-refractivity contribution in [2.24, 2.45) is 4.99 Å². The number of halogens is 2. The van der Waals surface area contributed by atoms with Crippen LogP contribution in [0, 0.1) is 0 Å². The highest BCUT2D eigenvalue weighted by Gasteiger charge is 2.35. The number of anilines is 1. The van der Waals surface area contributed by atoms with E-state index in [-0.39, 0.29) is 18.2 Å². The number of thioether (sulfide) groups is 1. The molecule has 1 fully saturated rings. The first-order valence-corrected chi connectivity index (χ1v) is 13.1. The number of aliphatic imine (C=N–C) groups is 1. The van der Waals surface area contributed by atoms with E-state index in [0.717, 1.165) is 11.3 Å². The molecule has 1 saturated heterocycles. The number of hydrogen-bond donors (Lipinski definition) is 1. The fourth-order valence-corrected chi connectivity index (χ4v) is 5.07. The summed E-state index contributed by atoms with van der Waals surface area (Å²) in [5.74, 6) is 0.314. The molecule has 0 aromatic heterocycles. The monoisotopic (exact) mass is 541 g/mol. The molecule has 1 unspecified atom stereocenters. The van der Waals surface area contributed by atoms with Crippen molar-refractivity contribution >= 4 is 63.3 Å². The molecule has 9 heteroatoms. The molecule has 0 saturated carbocycles. The fraction of sp³-hybridized carbons (Fsp3) is 0.222. The molecule has 1 N–H and O–H groups in total. The first-order chi connectivity index (χ1) is 17.4. The largest absolute Gasteiger partial charge is 0.494 e. The lowest BCUT2D eigenvalue weighted by atomic mass is 10.1. The van der Waals surface area contributed by atoms with Crippen LogP contribution in [-0.2, 0) is 16.0 Å². The van der Waals surface area contributed by atoms with Gasteiger partial charge < -0.3 is 10.1 Å². The third-order valence-corrected chi connectivity index (χ3v) is 7.11. The molecule has 186 valence electrons. The Morgan fingerprint density at radius 2 is 1.83 bits per heavy atom. The number of amidine groups is 1. The number of carbonyl (C=O) groups excluding carboxylic acids is 2. The van der Waals surface area contributed by atoms with Gasteiger partial charge in [0.1, 0.15) is 11.0 Å². The zero-order chi connectivity index (χ0) is 25.5. The maximum Gasteiger partial charge on any atom is 0.238 e. The summed E-state index contributed by atoms with van der Waals surface area (Å²) in [6.45, 7) is 2.91. The molecule has 1 atom stereocenters. The van der Waals surface area contributed by atoms with Crippen molar-refractivity contribution in [3.8, 4) is 5.75 Å². The second kappa shape index (κ2) is 12.3. The molecule has 1 aliphatic heterocycles. The van der Waals surface area contributed by atoms with Gasteiger partial charge in [0.15, 0.2) is 5.17 Å². The van der Waals surface area contributed by atoms with Crippen LogP contribution >= 0.6 is 35.0 Å². The van der Waals surface area contributed by atoms with Crippen LogP contribution in [0.3, 0.4) is 0 Å². The zero-order valence-corrected chi connectivity index (χ0v) is 21.9. The SMILES string of the molecule is CCOc1ccc(NC(=O)C2CC(=O)N(CCc3ccc(Cl)cc3)C(=Nc3cccc(Cl)c3)S2)cc1. The Morgan fingerprint density at radius 1 is 1.08 bits per heavy atom. The van der Waals surface area contributed by atoms with Gasteiger partial charge in [-0.15, -0.1) is 0 Å². The van der Waals surface area contributed by atoms with E-state index in [0.29, 0.717) is 46.2 Å². The van der Waals surface area contributed by atoms with Crippen molar-refractivity contribution < 1.29 is 14.3 Å². The number of carbonyl (C=O) groups is 2. The lowest BCUT2D eigenvalue weighted by Gasteiger charge is -2.32. The van der Waals surface area contributed by atoms with Crippen LogP contribution in [0.5, 0.6) is 5.75 Å². The summed E-state index contributed by atoms with van der Waals surface area (Å²) >= 11 is 13.4. The lowest BCUT2D eigenvalue weighted by Crippen LogP contribution is -2.46. The summed E-state index contributed by atoms with van der Waals surface area (Å²) in [6, 6.07) is 21.8. The van der Waals surface area contributed by atoms with Crippen molar-refractivity contribution in [3.63, 3.8) is 0 Å². The van der Waals surface area contributed by atoms with Crippen molar-refractivity contribution in [2.45, 2.75) is 25.0 Å². The minimum absolute atomic E-state index is 0.0721. The summed E-state index contributed by atoms with van der Waals surface area (Å²) in [7, 11) is 0. The summed E-state index contributed by atoms with van der Waals surface area (Å²) in [4.78, 5) is 32.6. The highest BCUT2D eigenvalue weighted by atomic mass is 35.5. The number of nitrogens with zero attached hydrogens (tertiary/aromatic N) is 2. The van der Waals surface area contributed by atoms with Crippen LogP contribution in [-0.4, -0.2) is 40.3 Å². The van der Waals surface area contributed by atoms with E-state index in [1.165, 1.54) is 11.8 Å². The number of rotatable bonds is 8. The van der Waals surface area contributed by atoms with Crippen LogP contribution in [0.4, 0.5) is 11.4 Å². The Labute approximate surface area is 224 Å². The van der Waals surface area contributed by atoms with Crippen LogP contribution in [0.1, 0.15) is 18.9 Å². The van der Waals surface area contributed by atoms with E-state index < -0.39 is 5.25 Å². The zero-order valence-electron chi connectivity index (χ0n) is 19.6. The van der Waals surface area contributed by atoms with Crippen LogP contribution in [0.25, 0.3) is 0 Å². The first kappa shape index (κ1) is 26.1. The molecule has 3 aromatic carbocycles. The molecular formula is C27H25Cl2N3O3S. The van der Waals surface area contributed by atoms with Crippen molar-refractivity contribution in [1.29, 1.82) is 0 Å². The molecule has 0 radical (unpaired) electrons. The maximum atomic E-state index is 13.2. The van der Waals surface area contributed by atoms with E-state index in [2.05, 4.69) is 5.32 Å². The molecule has 4 rings (SSSR count). The Hall–Kier alpha value is -3.00. The molecule has 0 bridgehead atoms. The van der Waals surface area contributed by atoms with Gasteiger partial charge in [0.25, 0.3) is 0 Å². The van der Waals surface area contributed by atoms with Gasteiger partial charge in [0.2, 0.25) is 11.8 Å². The maximum absolute atomic E-state index is 13.2. The predicted molar refractivity (Wildman–Crippen MR) is 148 cm³/mol. The van der Waals surface area contributed by atoms with Gasteiger partial charge in [-0.3, -0.25) is 14.5 Å². The van der Waals surface area contributed by atoms with Gasteiger partial charge in [0, 0.05) is 28.7 Å². The normalized spacial score (nSPS) is 16.8. The Kier molecular flexibility index (Phi) is 8.91. The number of ether oxygens (including phenoxy) is 1. The van der Waals surface area contributed by atoms with Crippen molar-refractivity contribution in [3.05, 3.63) is 88.4 Å². The minimum atomic E-state index is -0.617. The summed E-state index contributed by atoms with van der Waals surface area (Å²) < 4.78 is 5.45. The van der Waals surface area contributed by atoms with Crippen molar-refractivity contribution in [1.82, 2.24) is 4.90 Å². The van der Waals surface area contributed by atoms with Crippen molar-refractivity contribution in [2.75, 3.05) is 18.5 Å². The lowest BCUT2D eigenvalue weighted by molar-refractivity contribution is -0.129. The molecule has 36 heavy (non-hydrogen) atoms. The molecule has 1 aliphatic rings. The van der Waals surface area contributed by atoms with E-state index in [1.54, 1.807) is 47.4 Å². The molecule has 6 nitrogen and oxygen atoms in total. The average molecular weight is 542 g/mol. The first-order valence-electron chi connectivity index (χ1n) is 11.5. The van der Waals surface area contributed by atoms with Crippen LogP contribution in [0.15, 0.2) is 77.8 Å². The average Bonchev–Trinajstić information content (AvgIpc) is 2.86. The topological polar surface area (TPSA) is 71.0 Å². The number of hydrogen-bond acceptors (Lipinski definition) is 5. The number of amides is 2. The summed E-state index contributed by atoms with van der Waals surface area (Å²) in [6.07, 6.45) is 0.698. The molecule has 2 amide bonds. The standard InChI is InChI=1S/C27H25Cl2N3O3S/c1-2-35-23-12-10-21(11-13-23)30-26(34)24-17-25(33)32(15-14-18-6-8-19(28)9-7-18)27(36-24)31-22-5-3-4-20(29)16-22/h3-13,16,24H,2,14-15,17H2,1H3,(H,30,34). The quantitative estimate of drug-likeness (QED) is 0.349. The van der Waals surface area contributed by atoms with E-state index in [1.807, 2.05) is 37.3 Å². The number of benzene rings is 3. The fourth-order valence-electron chi connectivity index (χ4n) is 3.63. The highest BCUT2D eigenvalue weighted by Crippen LogP contribution is 2.31. The Balaban J connectivity index is 1.52. The van der Waals surface area contributed by atoms with E-state index >= 15 is 0 Å². The van der Waals surface area contributed by atoms with Crippen LogP contribution in [0.2, 0.25) is 10.0 Å². The third-order valence-electron chi connectivity index (χ3n) is 5.44. The minimum Gasteiger partial charge on any atom is -0.494 e. The molecule has 0 aliphatic carbocycles. The van der Waals surface area contributed by atoms with E-state index in [9.17, 15) is 9.59 Å². The molecular weight excluding hydrogens is 517 g/mol. The second-order valence-electron chi connectivity index (χ2n) is 8.05. The van der Waals surface area contributed by atoms with Crippen LogP contribution < -0.4 is 10.1 Å². The molecule has 3 aromatic rings. The Morgan fingerprint density at radius 3 is 2.53 bits per heavy atom. The van der Waals surface area contributed by atoms with Gasteiger partial charge in [-0.2, -0.15) is 0 Å². The third kappa shape index (κ3) is 7.03. The van der Waals surface area contributed by atoms with Gasteiger partial charge in [-0.25, -0.2) is 4.99 Å². The highest BCUT2D eigenvalue weighted by molar-refractivity contribution is 8.15. The van der Waals surface area contributed by atoms with Gasteiger partial charge in [0.05, 0.1) is 12.3 Å². The smallest absolute Gasteiger partial charge is 0.238 e.